The highest BCUT2D eigenvalue weighted by atomic mass is 32.1. The van der Waals surface area contributed by atoms with Crippen LogP contribution in [0.5, 0.6) is 0 Å². The zero-order valence-corrected chi connectivity index (χ0v) is 20.8. The molecule has 0 saturated heterocycles. The summed E-state index contributed by atoms with van der Waals surface area (Å²) in [6.45, 7) is 5.76. The Morgan fingerprint density at radius 3 is 2.41 bits per heavy atom. The van der Waals surface area contributed by atoms with Gasteiger partial charge < -0.3 is 16.0 Å². The Morgan fingerprint density at radius 1 is 0.941 bits per heavy atom. The van der Waals surface area contributed by atoms with Gasteiger partial charge in [-0.2, -0.15) is 0 Å². The van der Waals surface area contributed by atoms with E-state index in [1.165, 1.54) is 22.7 Å². The lowest BCUT2D eigenvalue weighted by molar-refractivity contribution is -0.131. The van der Waals surface area contributed by atoms with Crippen molar-refractivity contribution in [2.75, 3.05) is 0 Å². The van der Waals surface area contributed by atoms with Gasteiger partial charge in [0.2, 0.25) is 11.8 Å². The van der Waals surface area contributed by atoms with Gasteiger partial charge in [-0.15, -0.1) is 22.7 Å². The van der Waals surface area contributed by atoms with E-state index in [4.69, 9.17) is 0 Å². The maximum Gasteiger partial charge on any atom is 0.271 e. The van der Waals surface area contributed by atoms with E-state index in [1.807, 2.05) is 56.5 Å². The molecular weight excluding hydrogens is 470 g/mol. The van der Waals surface area contributed by atoms with E-state index in [1.54, 1.807) is 5.38 Å². The summed E-state index contributed by atoms with van der Waals surface area (Å²) in [7, 11) is 0. The molecule has 4 rings (SSSR count). The largest absolute Gasteiger partial charge is 0.345 e. The van der Waals surface area contributed by atoms with Crippen molar-refractivity contribution in [3.8, 4) is 10.7 Å². The molecule has 1 aliphatic rings. The van der Waals surface area contributed by atoms with Gasteiger partial charge in [-0.05, 0) is 18.4 Å². The molecule has 1 aliphatic heterocycles. The second-order valence-electron chi connectivity index (χ2n) is 8.43. The smallest absolute Gasteiger partial charge is 0.271 e. The number of aromatic nitrogens is 2. The third kappa shape index (κ3) is 5.34. The number of rotatable bonds is 4. The van der Waals surface area contributed by atoms with Crippen LogP contribution >= 0.6 is 22.7 Å². The summed E-state index contributed by atoms with van der Waals surface area (Å²) < 4.78 is 0. The lowest BCUT2D eigenvalue weighted by atomic mass is 9.97. The highest BCUT2D eigenvalue weighted by Gasteiger charge is 2.32. The van der Waals surface area contributed by atoms with Gasteiger partial charge in [-0.25, -0.2) is 9.97 Å². The maximum absolute atomic E-state index is 13.4. The fourth-order valence-corrected chi connectivity index (χ4v) is 5.34. The summed E-state index contributed by atoms with van der Waals surface area (Å²) in [6.07, 6.45) is 0.987. The molecule has 0 aliphatic carbocycles. The predicted molar refractivity (Wildman–Crippen MR) is 133 cm³/mol. The van der Waals surface area contributed by atoms with E-state index in [0.717, 1.165) is 10.6 Å². The molecule has 0 saturated carbocycles. The molecule has 4 atom stereocenters. The average molecular weight is 498 g/mol. The average Bonchev–Trinajstić information content (AvgIpc) is 3.51. The van der Waals surface area contributed by atoms with Crippen molar-refractivity contribution in [1.82, 2.24) is 25.9 Å². The lowest BCUT2D eigenvalue weighted by Gasteiger charge is -2.27. The van der Waals surface area contributed by atoms with Crippen molar-refractivity contribution in [2.24, 2.45) is 5.92 Å². The van der Waals surface area contributed by atoms with Crippen LogP contribution < -0.4 is 16.0 Å². The maximum atomic E-state index is 13.4. The van der Waals surface area contributed by atoms with Gasteiger partial charge in [-0.1, -0.05) is 50.6 Å². The number of carbonyl (C=O) groups excluding carboxylic acids is 3. The molecule has 0 radical (unpaired) electrons. The van der Waals surface area contributed by atoms with Gasteiger partial charge in [0.15, 0.2) is 0 Å². The minimum absolute atomic E-state index is 0.104. The Labute approximate surface area is 206 Å². The van der Waals surface area contributed by atoms with Crippen molar-refractivity contribution in [2.45, 2.75) is 51.7 Å². The molecule has 3 heterocycles. The van der Waals surface area contributed by atoms with Gasteiger partial charge in [0.05, 0.1) is 6.04 Å². The second kappa shape index (κ2) is 10.4. The van der Waals surface area contributed by atoms with E-state index >= 15 is 0 Å². The van der Waals surface area contributed by atoms with Crippen LogP contribution in [0, 0.1) is 5.92 Å². The van der Waals surface area contributed by atoms with Crippen LogP contribution in [-0.4, -0.2) is 39.8 Å². The topological polar surface area (TPSA) is 113 Å². The molecule has 3 amide bonds. The first kappa shape index (κ1) is 24.0. The van der Waals surface area contributed by atoms with Gasteiger partial charge in [0.25, 0.3) is 5.91 Å². The number of hydrogen-bond donors (Lipinski definition) is 3. The number of amides is 3. The molecule has 0 spiro atoms. The van der Waals surface area contributed by atoms with Crippen molar-refractivity contribution < 1.29 is 14.4 Å². The summed E-state index contributed by atoms with van der Waals surface area (Å²) in [5.74, 6) is -1.23. The van der Waals surface area contributed by atoms with Gasteiger partial charge in [0.1, 0.15) is 33.5 Å². The highest BCUT2D eigenvalue weighted by Crippen LogP contribution is 2.28. The van der Waals surface area contributed by atoms with E-state index in [0.29, 0.717) is 17.1 Å². The first-order valence-corrected chi connectivity index (χ1v) is 13.0. The molecular formula is C24H27N5O3S2. The SMILES string of the molecule is CC[C@H](C)[C@@H]1NC(=O)[C@@H](Cc2ccccc2)NC(=O)c2csc(n2)-c2csc(n2)[C@@H](C)NC1=O. The number of fused-ring (bicyclic) bond motifs is 5. The number of nitrogens with zero attached hydrogens (tertiary/aromatic N) is 2. The van der Waals surface area contributed by atoms with Crippen molar-refractivity contribution in [3.05, 3.63) is 57.4 Å². The van der Waals surface area contributed by atoms with Crippen LogP contribution in [0.1, 0.15) is 54.3 Å². The van der Waals surface area contributed by atoms with Crippen molar-refractivity contribution in [3.63, 3.8) is 0 Å². The lowest BCUT2D eigenvalue weighted by Crippen LogP contribution is -2.56. The van der Waals surface area contributed by atoms with Crippen LogP contribution in [0.3, 0.4) is 0 Å². The van der Waals surface area contributed by atoms with Gasteiger partial charge in [-0.3, -0.25) is 14.4 Å². The number of carbonyl (C=O) groups is 3. The summed E-state index contributed by atoms with van der Waals surface area (Å²) >= 11 is 2.74. The van der Waals surface area contributed by atoms with Crippen molar-refractivity contribution in [1.29, 1.82) is 0 Å². The quantitative estimate of drug-likeness (QED) is 0.512. The monoisotopic (exact) mass is 497 g/mol. The minimum Gasteiger partial charge on any atom is -0.345 e. The molecule has 4 bridgehead atoms. The van der Waals surface area contributed by atoms with Crippen LogP contribution in [0.2, 0.25) is 0 Å². The molecule has 2 aromatic heterocycles. The molecule has 1 aromatic carbocycles. The van der Waals surface area contributed by atoms with Crippen molar-refractivity contribution >= 4 is 40.4 Å². The molecule has 10 heteroatoms. The zero-order valence-electron chi connectivity index (χ0n) is 19.2. The first-order chi connectivity index (χ1) is 16.4. The number of nitrogens with one attached hydrogen (secondary N) is 3. The summed E-state index contributed by atoms with van der Waals surface area (Å²) in [5.41, 5.74) is 1.79. The van der Waals surface area contributed by atoms with Gasteiger partial charge in [0, 0.05) is 17.2 Å². The van der Waals surface area contributed by atoms with E-state index < -0.39 is 23.9 Å². The van der Waals surface area contributed by atoms with Crippen LogP contribution in [0.15, 0.2) is 41.1 Å². The van der Waals surface area contributed by atoms with E-state index in [2.05, 4.69) is 25.9 Å². The summed E-state index contributed by atoms with van der Waals surface area (Å²) in [5, 5.41) is 13.6. The molecule has 178 valence electrons. The Morgan fingerprint density at radius 2 is 1.68 bits per heavy atom. The molecule has 0 fully saturated rings. The Balaban J connectivity index is 1.71. The normalized spacial score (nSPS) is 22.1. The molecule has 0 unspecified atom stereocenters. The molecule has 8 nitrogen and oxygen atoms in total. The van der Waals surface area contributed by atoms with Crippen LogP contribution in [0.4, 0.5) is 0 Å². The number of thiazole rings is 2. The third-order valence-electron chi connectivity index (χ3n) is 5.90. The van der Waals surface area contributed by atoms with E-state index in [9.17, 15) is 14.4 Å². The Bertz CT molecular complexity index is 1180. The van der Waals surface area contributed by atoms with E-state index in [-0.39, 0.29) is 30.0 Å². The summed E-state index contributed by atoms with van der Waals surface area (Å²) in [4.78, 5) is 48.7. The standard InChI is InChI=1S/C24H27N5O3S2/c1-4-13(2)19-22(32)25-14(3)23-28-18(12-33-23)24-27-17(11-34-24)21(31)26-16(20(30)29-19)10-15-8-6-5-7-9-15/h5-9,11-14,16,19H,4,10H2,1-3H3,(H,25,32)(H,26,31)(H,29,30)/t13-,14+,16+,19-/m0/s1. The summed E-state index contributed by atoms with van der Waals surface area (Å²) in [6, 6.07) is 7.51. The molecule has 3 N–H and O–H groups in total. The fraction of sp³-hybridized carbons (Fsp3) is 0.375. The first-order valence-electron chi connectivity index (χ1n) is 11.2. The highest BCUT2D eigenvalue weighted by molar-refractivity contribution is 7.14. The van der Waals surface area contributed by atoms with Gasteiger partial charge >= 0.3 is 0 Å². The fourth-order valence-electron chi connectivity index (χ4n) is 3.69. The van der Waals surface area contributed by atoms with Crippen LogP contribution in [-0.2, 0) is 16.0 Å². The second-order valence-corrected chi connectivity index (χ2v) is 10.2. The Hall–Kier alpha value is -3.11. The number of benzene rings is 1. The predicted octanol–water partition coefficient (Wildman–Crippen LogP) is 3.33. The van der Waals surface area contributed by atoms with Crippen LogP contribution in [0.25, 0.3) is 10.7 Å². The minimum atomic E-state index is -0.868. The third-order valence-corrected chi connectivity index (χ3v) is 7.80. The number of hydrogen-bond acceptors (Lipinski definition) is 7. The molecule has 3 aromatic rings. The zero-order chi connectivity index (χ0) is 24.2. The Kier molecular flexibility index (Phi) is 7.38. The molecule has 34 heavy (non-hydrogen) atoms.